The Hall–Kier alpha value is -1.86. The fourth-order valence-corrected chi connectivity index (χ4v) is 3.42. The number of amides is 1. The molecule has 0 saturated heterocycles. The van der Waals surface area contributed by atoms with Gasteiger partial charge >= 0.3 is 0 Å². The van der Waals surface area contributed by atoms with Crippen LogP contribution in [0.15, 0.2) is 53.4 Å². The monoisotopic (exact) mass is 398 g/mol. The molecule has 0 unspecified atom stereocenters. The molecule has 0 aliphatic heterocycles. The van der Waals surface area contributed by atoms with Gasteiger partial charge in [-0.05, 0) is 41.5 Å². The standard InChI is InChI=1S/C17H16Cl2N2O3S/c1-20-17(22)9-4-12-2-7-15(8-3-12)25(23,24)21-11-13-5-6-14(18)10-16(13)19/h2-10,21H,11H2,1H3,(H,20,22)/b9-4+. The average molecular weight is 399 g/mol. The predicted molar refractivity (Wildman–Crippen MR) is 100 cm³/mol. The van der Waals surface area contributed by atoms with E-state index in [0.717, 1.165) is 0 Å². The first-order chi connectivity index (χ1) is 11.8. The molecule has 2 rings (SSSR count). The Labute approximate surface area is 156 Å². The highest BCUT2D eigenvalue weighted by Crippen LogP contribution is 2.21. The van der Waals surface area contributed by atoms with Crippen LogP contribution in [0.2, 0.25) is 10.0 Å². The first-order valence-electron chi connectivity index (χ1n) is 7.25. The number of benzene rings is 2. The van der Waals surface area contributed by atoms with Gasteiger partial charge in [0.1, 0.15) is 0 Å². The number of sulfonamides is 1. The molecule has 0 aliphatic rings. The van der Waals surface area contributed by atoms with Gasteiger partial charge in [-0.1, -0.05) is 41.4 Å². The van der Waals surface area contributed by atoms with Crippen LogP contribution < -0.4 is 10.0 Å². The van der Waals surface area contributed by atoms with E-state index in [1.807, 2.05) is 0 Å². The first-order valence-corrected chi connectivity index (χ1v) is 9.49. The van der Waals surface area contributed by atoms with Crippen LogP contribution in [0.4, 0.5) is 0 Å². The van der Waals surface area contributed by atoms with Gasteiger partial charge < -0.3 is 5.32 Å². The summed E-state index contributed by atoms with van der Waals surface area (Å²) in [6, 6.07) is 11.0. The molecule has 8 heteroatoms. The van der Waals surface area contributed by atoms with E-state index in [4.69, 9.17) is 23.2 Å². The molecule has 0 heterocycles. The Balaban J connectivity index is 2.08. The molecule has 2 aromatic carbocycles. The molecule has 0 saturated carbocycles. The average Bonchev–Trinajstić information content (AvgIpc) is 2.59. The number of nitrogens with one attached hydrogen (secondary N) is 2. The van der Waals surface area contributed by atoms with Crippen LogP contribution >= 0.6 is 23.2 Å². The van der Waals surface area contributed by atoms with Crippen LogP contribution in [0, 0.1) is 0 Å². The van der Waals surface area contributed by atoms with Crippen molar-refractivity contribution in [1.82, 2.24) is 10.0 Å². The molecule has 2 N–H and O–H groups in total. The molecule has 0 atom stereocenters. The topological polar surface area (TPSA) is 75.3 Å². The third kappa shape index (κ3) is 5.57. The SMILES string of the molecule is CNC(=O)/C=C/c1ccc(S(=O)(=O)NCc2ccc(Cl)cc2Cl)cc1. The van der Waals surface area contributed by atoms with E-state index in [2.05, 4.69) is 10.0 Å². The summed E-state index contributed by atoms with van der Waals surface area (Å²) >= 11 is 11.9. The third-order valence-electron chi connectivity index (χ3n) is 3.33. The highest BCUT2D eigenvalue weighted by Gasteiger charge is 2.14. The van der Waals surface area contributed by atoms with E-state index in [1.54, 1.807) is 36.4 Å². The number of halogens is 2. The van der Waals surface area contributed by atoms with Gasteiger partial charge in [0, 0.05) is 29.7 Å². The Kier molecular flexibility index (Phi) is 6.61. The lowest BCUT2D eigenvalue weighted by Gasteiger charge is -2.09. The van der Waals surface area contributed by atoms with E-state index >= 15 is 0 Å². The summed E-state index contributed by atoms with van der Waals surface area (Å²) < 4.78 is 27.2. The highest BCUT2D eigenvalue weighted by atomic mass is 35.5. The van der Waals surface area contributed by atoms with Crippen molar-refractivity contribution in [2.75, 3.05) is 7.05 Å². The molecule has 5 nitrogen and oxygen atoms in total. The van der Waals surface area contributed by atoms with Gasteiger partial charge in [-0.25, -0.2) is 13.1 Å². The molecule has 0 bridgehead atoms. The molecule has 2 aromatic rings. The van der Waals surface area contributed by atoms with Crippen molar-refractivity contribution in [1.29, 1.82) is 0 Å². The Bertz CT molecular complexity index is 895. The van der Waals surface area contributed by atoms with Crippen molar-refractivity contribution < 1.29 is 13.2 Å². The molecule has 0 aliphatic carbocycles. The van der Waals surface area contributed by atoms with E-state index in [0.29, 0.717) is 21.2 Å². The van der Waals surface area contributed by atoms with Gasteiger partial charge in [0.25, 0.3) is 0 Å². The second-order valence-corrected chi connectivity index (χ2v) is 7.69. The van der Waals surface area contributed by atoms with Crippen LogP contribution in [0.3, 0.4) is 0 Å². The van der Waals surface area contributed by atoms with Crippen molar-refractivity contribution in [3.8, 4) is 0 Å². The van der Waals surface area contributed by atoms with Gasteiger partial charge in [-0.15, -0.1) is 0 Å². The zero-order valence-corrected chi connectivity index (χ0v) is 15.6. The minimum atomic E-state index is -3.68. The summed E-state index contributed by atoms with van der Waals surface area (Å²) in [5, 5.41) is 3.34. The zero-order chi connectivity index (χ0) is 18.4. The van der Waals surface area contributed by atoms with Crippen LogP contribution in [-0.4, -0.2) is 21.4 Å². The number of carbonyl (C=O) groups excluding carboxylic acids is 1. The maximum atomic E-state index is 12.3. The van der Waals surface area contributed by atoms with Gasteiger partial charge in [0.2, 0.25) is 15.9 Å². The lowest BCUT2D eigenvalue weighted by atomic mass is 10.2. The summed E-state index contributed by atoms with van der Waals surface area (Å²) in [4.78, 5) is 11.3. The fraction of sp³-hybridized carbons (Fsp3) is 0.118. The molecule has 0 fully saturated rings. The molecule has 1 amide bonds. The minimum Gasteiger partial charge on any atom is -0.356 e. The van der Waals surface area contributed by atoms with Crippen LogP contribution in [0.25, 0.3) is 6.08 Å². The van der Waals surface area contributed by atoms with Crippen LogP contribution in [0.1, 0.15) is 11.1 Å². The van der Waals surface area contributed by atoms with Crippen molar-refractivity contribution in [2.24, 2.45) is 0 Å². The second-order valence-electron chi connectivity index (χ2n) is 5.08. The zero-order valence-electron chi connectivity index (χ0n) is 13.3. The smallest absolute Gasteiger partial charge is 0.243 e. The molecule has 132 valence electrons. The normalized spacial score (nSPS) is 11.6. The maximum absolute atomic E-state index is 12.3. The lowest BCUT2D eigenvalue weighted by molar-refractivity contribution is -0.115. The number of hydrogen-bond donors (Lipinski definition) is 2. The van der Waals surface area contributed by atoms with Crippen LogP contribution in [0.5, 0.6) is 0 Å². The molecule has 0 aromatic heterocycles. The first kappa shape index (κ1) is 19.5. The fourth-order valence-electron chi connectivity index (χ4n) is 1.93. The summed E-state index contributed by atoms with van der Waals surface area (Å²) in [6.45, 7) is 0.0522. The summed E-state index contributed by atoms with van der Waals surface area (Å²) in [6.07, 6.45) is 2.96. The number of likely N-dealkylation sites (N-methyl/N-ethyl adjacent to an activating group) is 1. The number of hydrogen-bond acceptors (Lipinski definition) is 3. The quantitative estimate of drug-likeness (QED) is 0.733. The van der Waals surface area contributed by atoms with Crippen LogP contribution in [-0.2, 0) is 21.4 Å². The Morgan fingerprint density at radius 1 is 1.12 bits per heavy atom. The van der Waals surface area contributed by atoms with Crippen molar-refractivity contribution in [3.05, 3.63) is 69.7 Å². The third-order valence-corrected chi connectivity index (χ3v) is 5.34. The number of carbonyl (C=O) groups is 1. The van der Waals surface area contributed by atoms with Gasteiger partial charge in [0.05, 0.1) is 4.90 Å². The Morgan fingerprint density at radius 3 is 2.40 bits per heavy atom. The number of rotatable bonds is 6. The lowest BCUT2D eigenvalue weighted by Crippen LogP contribution is -2.23. The van der Waals surface area contributed by atoms with E-state index < -0.39 is 10.0 Å². The highest BCUT2D eigenvalue weighted by molar-refractivity contribution is 7.89. The van der Waals surface area contributed by atoms with E-state index in [-0.39, 0.29) is 17.3 Å². The van der Waals surface area contributed by atoms with Crippen molar-refractivity contribution in [2.45, 2.75) is 11.4 Å². The molecular formula is C17H16Cl2N2O3S. The van der Waals surface area contributed by atoms with Crippen molar-refractivity contribution in [3.63, 3.8) is 0 Å². The van der Waals surface area contributed by atoms with Gasteiger partial charge in [-0.3, -0.25) is 4.79 Å². The minimum absolute atomic E-state index is 0.0522. The molecule has 0 radical (unpaired) electrons. The van der Waals surface area contributed by atoms with Gasteiger partial charge in [0.15, 0.2) is 0 Å². The molecular weight excluding hydrogens is 383 g/mol. The summed E-state index contributed by atoms with van der Waals surface area (Å²) in [5.41, 5.74) is 1.34. The molecule has 25 heavy (non-hydrogen) atoms. The summed E-state index contributed by atoms with van der Waals surface area (Å²) in [5.74, 6) is -0.238. The largest absolute Gasteiger partial charge is 0.356 e. The second kappa shape index (κ2) is 8.49. The van der Waals surface area contributed by atoms with E-state index in [1.165, 1.54) is 25.3 Å². The Morgan fingerprint density at radius 2 is 1.80 bits per heavy atom. The maximum Gasteiger partial charge on any atom is 0.243 e. The van der Waals surface area contributed by atoms with E-state index in [9.17, 15) is 13.2 Å². The summed E-state index contributed by atoms with van der Waals surface area (Å²) in [7, 11) is -2.15. The molecule has 0 spiro atoms. The van der Waals surface area contributed by atoms with Crippen molar-refractivity contribution >= 4 is 45.2 Å². The predicted octanol–water partition coefficient (Wildman–Crippen LogP) is 3.23. The van der Waals surface area contributed by atoms with Gasteiger partial charge in [-0.2, -0.15) is 0 Å².